The minimum Gasteiger partial charge on any atom is -0.369 e. The molecule has 69 valence electrons. The molecule has 1 aromatic rings. The van der Waals surface area contributed by atoms with Gasteiger partial charge in [0, 0.05) is 13.1 Å². The van der Waals surface area contributed by atoms with Crippen molar-refractivity contribution in [2.24, 2.45) is 0 Å². The third-order valence-electron chi connectivity index (χ3n) is 2.20. The van der Waals surface area contributed by atoms with Crippen LogP contribution in [0.3, 0.4) is 0 Å². The van der Waals surface area contributed by atoms with Crippen LogP contribution in [-0.4, -0.2) is 23.3 Å². The molecule has 13 heavy (non-hydrogen) atoms. The van der Waals surface area contributed by atoms with Crippen LogP contribution in [0.2, 0.25) is 5.15 Å². The molecule has 0 spiro atoms. The normalized spacial score (nSPS) is 17.5. The summed E-state index contributed by atoms with van der Waals surface area (Å²) in [4.78, 5) is 2.25. The van der Waals surface area contributed by atoms with Gasteiger partial charge in [0.1, 0.15) is 0 Å². The minimum absolute atomic E-state index is 0.504. The van der Waals surface area contributed by atoms with Gasteiger partial charge in [-0.15, -0.1) is 5.10 Å². The molecule has 2 heterocycles. The SMILES string of the molecule is Clc1nnccc1N1CC[CH]CC1. The maximum Gasteiger partial charge on any atom is 0.174 e. The van der Waals surface area contributed by atoms with Crippen molar-refractivity contribution in [1.82, 2.24) is 10.2 Å². The molecule has 0 unspecified atom stereocenters. The van der Waals surface area contributed by atoms with Crippen LogP contribution in [0.15, 0.2) is 12.3 Å². The molecule has 0 aromatic carbocycles. The van der Waals surface area contributed by atoms with Crippen LogP contribution in [0.5, 0.6) is 0 Å². The first kappa shape index (κ1) is 8.75. The smallest absolute Gasteiger partial charge is 0.174 e. The second kappa shape index (κ2) is 3.92. The van der Waals surface area contributed by atoms with Crippen molar-refractivity contribution in [2.75, 3.05) is 18.0 Å². The average Bonchev–Trinajstić information content (AvgIpc) is 2.20. The Labute approximate surface area is 82.7 Å². The van der Waals surface area contributed by atoms with Gasteiger partial charge in [-0.3, -0.25) is 0 Å². The van der Waals surface area contributed by atoms with E-state index >= 15 is 0 Å². The molecule has 4 heteroatoms. The Morgan fingerprint density at radius 1 is 1.31 bits per heavy atom. The fourth-order valence-corrected chi connectivity index (χ4v) is 1.76. The largest absolute Gasteiger partial charge is 0.369 e. The lowest BCUT2D eigenvalue weighted by atomic mass is 10.1. The number of anilines is 1. The molecular formula is C9H11ClN3. The maximum absolute atomic E-state index is 5.93. The van der Waals surface area contributed by atoms with E-state index in [4.69, 9.17) is 11.6 Å². The number of halogens is 1. The lowest BCUT2D eigenvalue weighted by Crippen LogP contribution is -2.30. The standard InChI is InChI=1S/C9H11ClN3/c10-9-8(4-5-11-12-9)13-6-2-1-3-7-13/h1,4-5H,2-3,6-7H2. The molecule has 1 radical (unpaired) electrons. The van der Waals surface area contributed by atoms with Crippen molar-refractivity contribution in [2.45, 2.75) is 12.8 Å². The topological polar surface area (TPSA) is 29.0 Å². The molecule has 0 saturated carbocycles. The predicted molar refractivity (Wildman–Crippen MR) is 52.8 cm³/mol. The number of rotatable bonds is 1. The summed E-state index contributed by atoms with van der Waals surface area (Å²) in [6.07, 6.45) is 6.23. The molecule has 1 aliphatic rings. The van der Waals surface area contributed by atoms with Crippen LogP contribution < -0.4 is 4.90 Å². The third-order valence-corrected chi connectivity index (χ3v) is 2.47. The van der Waals surface area contributed by atoms with Crippen LogP contribution >= 0.6 is 11.6 Å². The van der Waals surface area contributed by atoms with E-state index in [0.29, 0.717) is 5.15 Å². The average molecular weight is 197 g/mol. The van der Waals surface area contributed by atoms with Gasteiger partial charge in [0.25, 0.3) is 0 Å². The number of piperidine rings is 1. The van der Waals surface area contributed by atoms with Gasteiger partial charge in [-0.05, 0) is 25.3 Å². The summed E-state index contributed by atoms with van der Waals surface area (Å²) >= 11 is 5.93. The van der Waals surface area contributed by atoms with E-state index in [1.807, 2.05) is 6.07 Å². The zero-order chi connectivity index (χ0) is 9.10. The van der Waals surface area contributed by atoms with Gasteiger partial charge in [0.05, 0.1) is 11.9 Å². The molecule has 1 aliphatic heterocycles. The molecule has 0 bridgehead atoms. The van der Waals surface area contributed by atoms with Gasteiger partial charge in [0.15, 0.2) is 5.15 Å². The highest BCUT2D eigenvalue weighted by molar-refractivity contribution is 6.31. The van der Waals surface area contributed by atoms with E-state index in [2.05, 4.69) is 21.5 Å². The lowest BCUT2D eigenvalue weighted by molar-refractivity contribution is 0.676. The highest BCUT2D eigenvalue weighted by Gasteiger charge is 2.13. The van der Waals surface area contributed by atoms with E-state index in [9.17, 15) is 0 Å². The van der Waals surface area contributed by atoms with Gasteiger partial charge in [-0.2, -0.15) is 5.10 Å². The first-order valence-corrected chi connectivity index (χ1v) is 4.79. The van der Waals surface area contributed by atoms with Gasteiger partial charge in [-0.1, -0.05) is 11.6 Å². The zero-order valence-corrected chi connectivity index (χ0v) is 8.04. The minimum atomic E-state index is 0.504. The van der Waals surface area contributed by atoms with Crippen LogP contribution in [-0.2, 0) is 0 Å². The summed E-state index contributed by atoms with van der Waals surface area (Å²) in [7, 11) is 0. The Hall–Kier alpha value is -0.830. The van der Waals surface area contributed by atoms with Gasteiger partial charge in [-0.25, -0.2) is 0 Å². The van der Waals surface area contributed by atoms with Crippen LogP contribution in [0.4, 0.5) is 5.69 Å². The van der Waals surface area contributed by atoms with Crippen molar-refractivity contribution >= 4 is 17.3 Å². The first-order valence-electron chi connectivity index (χ1n) is 4.42. The second-order valence-corrected chi connectivity index (χ2v) is 3.42. The molecule has 2 rings (SSSR count). The van der Waals surface area contributed by atoms with E-state index in [0.717, 1.165) is 31.6 Å². The Morgan fingerprint density at radius 3 is 2.77 bits per heavy atom. The molecular weight excluding hydrogens is 186 g/mol. The highest BCUT2D eigenvalue weighted by Crippen LogP contribution is 2.24. The molecule has 3 nitrogen and oxygen atoms in total. The number of hydrogen-bond acceptors (Lipinski definition) is 3. The summed E-state index contributed by atoms with van der Waals surface area (Å²) in [5.74, 6) is 0. The molecule has 1 saturated heterocycles. The zero-order valence-electron chi connectivity index (χ0n) is 7.28. The third kappa shape index (κ3) is 1.91. The fourth-order valence-electron chi connectivity index (χ4n) is 1.54. The fraction of sp³-hybridized carbons (Fsp3) is 0.444. The van der Waals surface area contributed by atoms with Gasteiger partial charge < -0.3 is 4.90 Å². The van der Waals surface area contributed by atoms with E-state index in [1.54, 1.807) is 6.20 Å². The molecule has 1 aromatic heterocycles. The summed E-state index contributed by atoms with van der Waals surface area (Å²) in [5.41, 5.74) is 1.00. The second-order valence-electron chi connectivity index (χ2n) is 3.06. The quantitative estimate of drug-likeness (QED) is 0.688. The van der Waals surface area contributed by atoms with Crippen molar-refractivity contribution < 1.29 is 0 Å². The highest BCUT2D eigenvalue weighted by atomic mass is 35.5. The van der Waals surface area contributed by atoms with Gasteiger partial charge >= 0.3 is 0 Å². The van der Waals surface area contributed by atoms with Gasteiger partial charge in [0.2, 0.25) is 0 Å². The lowest BCUT2D eigenvalue weighted by Gasteiger charge is -2.28. The summed E-state index contributed by atoms with van der Waals surface area (Å²) < 4.78 is 0. The molecule has 0 amide bonds. The van der Waals surface area contributed by atoms with Crippen LogP contribution in [0.1, 0.15) is 12.8 Å². The summed E-state index contributed by atoms with van der Waals surface area (Å²) in [5, 5.41) is 8.05. The monoisotopic (exact) mass is 196 g/mol. The number of hydrogen-bond donors (Lipinski definition) is 0. The Morgan fingerprint density at radius 2 is 2.08 bits per heavy atom. The predicted octanol–water partition coefficient (Wildman–Crippen LogP) is 1.93. The molecule has 1 fully saturated rings. The Balaban J connectivity index is 2.18. The maximum atomic E-state index is 5.93. The van der Waals surface area contributed by atoms with Crippen molar-refractivity contribution in [1.29, 1.82) is 0 Å². The van der Waals surface area contributed by atoms with E-state index in [1.165, 1.54) is 0 Å². The van der Waals surface area contributed by atoms with E-state index in [-0.39, 0.29) is 0 Å². The van der Waals surface area contributed by atoms with Crippen LogP contribution in [0, 0.1) is 6.42 Å². The Kier molecular flexibility index (Phi) is 2.64. The van der Waals surface area contributed by atoms with Crippen molar-refractivity contribution in [3.8, 4) is 0 Å². The summed E-state index contributed by atoms with van der Waals surface area (Å²) in [6, 6.07) is 1.92. The number of nitrogens with zero attached hydrogens (tertiary/aromatic N) is 3. The van der Waals surface area contributed by atoms with Crippen LogP contribution in [0.25, 0.3) is 0 Å². The van der Waals surface area contributed by atoms with Crippen molar-refractivity contribution in [3.63, 3.8) is 0 Å². The number of aromatic nitrogens is 2. The first-order chi connectivity index (χ1) is 6.38. The molecule has 0 atom stereocenters. The molecule has 0 aliphatic carbocycles. The summed E-state index contributed by atoms with van der Waals surface area (Å²) in [6.45, 7) is 2.07. The van der Waals surface area contributed by atoms with Crippen molar-refractivity contribution in [3.05, 3.63) is 23.8 Å². The molecule has 0 N–H and O–H groups in total. The Bertz CT molecular complexity index is 284. The van der Waals surface area contributed by atoms with E-state index < -0.39 is 0 Å².